The fraction of sp³-hybridized carbons (Fsp3) is 0.417. The molecule has 9 heteroatoms. The number of H-pyrrole nitrogens is 1. The van der Waals surface area contributed by atoms with E-state index in [2.05, 4.69) is 37.9 Å². The fourth-order valence-corrected chi connectivity index (χ4v) is 4.85. The van der Waals surface area contributed by atoms with Crippen molar-refractivity contribution in [1.82, 2.24) is 25.3 Å². The Hall–Kier alpha value is -2.75. The summed E-state index contributed by atoms with van der Waals surface area (Å²) in [7, 11) is 1.81. The number of aromatic nitrogens is 2. The lowest BCUT2D eigenvalue weighted by atomic mass is 10.1. The van der Waals surface area contributed by atoms with Gasteiger partial charge in [-0.3, -0.25) is 10.00 Å². The Kier molecular flexibility index (Phi) is 8.09. The van der Waals surface area contributed by atoms with Crippen molar-refractivity contribution in [3.63, 3.8) is 0 Å². The normalized spacial score (nSPS) is 15.3. The Balaban J connectivity index is 1.24. The van der Waals surface area contributed by atoms with Gasteiger partial charge in [0.25, 0.3) is 0 Å². The van der Waals surface area contributed by atoms with Crippen molar-refractivity contribution < 1.29 is 13.9 Å². The summed E-state index contributed by atoms with van der Waals surface area (Å²) in [6.07, 6.45) is 1.55. The maximum atomic E-state index is 13.4. The lowest BCUT2D eigenvalue weighted by molar-refractivity contribution is 0.0172. The molecule has 1 fully saturated rings. The van der Waals surface area contributed by atoms with Crippen molar-refractivity contribution >= 4 is 17.4 Å². The number of morpholine rings is 1. The van der Waals surface area contributed by atoms with E-state index in [4.69, 9.17) is 4.74 Å². The second kappa shape index (κ2) is 11.4. The fourth-order valence-electron chi connectivity index (χ4n) is 3.99. The van der Waals surface area contributed by atoms with Crippen LogP contribution in [-0.4, -0.2) is 72.5 Å². The van der Waals surface area contributed by atoms with Crippen molar-refractivity contribution in [3.8, 4) is 11.3 Å². The van der Waals surface area contributed by atoms with Crippen LogP contribution in [0.3, 0.4) is 0 Å². The standard InChI is InChI=1S/C24H30FN5O2S/c1-29(9-3-7-20-16-21(28-27-20)18-5-2-6-19(25)15-18)24(31)26-17-22(23-8-4-14-33-23)30-10-12-32-13-11-30/h2,4-6,8,14-16,22H,3,7,9-13,17H2,1H3,(H,26,31)(H,27,28). The zero-order valence-corrected chi connectivity index (χ0v) is 19.6. The first kappa shape index (κ1) is 23.4. The Labute approximate surface area is 197 Å². The van der Waals surface area contributed by atoms with Crippen LogP contribution in [0.2, 0.25) is 0 Å². The van der Waals surface area contributed by atoms with Crippen molar-refractivity contribution in [2.24, 2.45) is 0 Å². The lowest BCUT2D eigenvalue weighted by Crippen LogP contribution is -2.46. The molecule has 0 bridgehead atoms. The van der Waals surface area contributed by atoms with Gasteiger partial charge in [0.1, 0.15) is 5.82 Å². The number of nitrogens with zero attached hydrogens (tertiary/aromatic N) is 3. The minimum atomic E-state index is -0.278. The van der Waals surface area contributed by atoms with Gasteiger partial charge < -0.3 is 15.0 Å². The van der Waals surface area contributed by atoms with Gasteiger partial charge >= 0.3 is 6.03 Å². The molecule has 33 heavy (non-hydrogen) atoms. The highest BCUT2D eigenvalue weighted by molar-refractivity contribution is 7.10. The van der Waals surface area contributed by atoms with Crippen LogP contribution >= 0.6 is 11.3 Å². The van der Waals surface area contributed by atoms with Crippen LogP contribution in [0.15, 0.2) is 47.8 Å². The molecule has 0 radical (unpaired) electrons. The molecule has 4 rings (SSSR count). The minimum Gasteiger partial charge on any atom is -0.379 e. The molecule has 3 heterocycles. The third-order valence-corrected chi connectivity index (χ3v) is 6.82. The number of urea groups is 1. The number of nitrogens with one attached hydrogen (secondary N) is 2. The molecule has 0 saturated carbocycles. The van der Waals surface area contributed by atoms with E-state index in [1.165, 1.54) is 17.0 Å². The highest BCUT2D eigenvalue weighted by Crippen LogP contribution is 2.25. The predicted octanol–water partition coefficient (Wildman–Crippen LogP) is 3.92. The van der Waals surface area contributed by atoms with Crippen LogP contribution in [0, 0.1) is 5.82 Å². The number of aryl methyl sites for hydroxylation is 1. The molecule has 7 nitrogen and oxygen atoms in total. The molecule has 1 atom stereocenters. The van der Waals surface area contributed by atoms with E-state index in [-0.39, 0.29) is 17.9 Å². The van der Waals surface area contributed by atoms with Crippen LogP contribution in [0.4, 0.5) is 9.18 Å². The monoisotopic (exact) mass is 471 g/mol. The van der Waals surface area contributed by atoms with Gasteiger partial charge in [-0.1, -0.05) is 18.2 Å². The Morgan fingerprint density at radius 3 is 2.91 bits per heavy atom. The third kappa shape index (κ3) is 6.40. The predicted molar refractivity (Wildman–Crippen MR) is 128 cm³/mol. The van der Waals surface area contributed by atoms with Crippen LogP contribution in [0.5, 0.6) is 0 Å². The first-order chi connectivity index (χ1) is 16.1. The van der Waals surface area contributed by atoms with E-state index in [0.29, 0.717) is 13.1 Å². The number of halogens is 1. The molecule has 0 aliphatic carbocycles. The zero-order valence-electron chi connectivity index (χ0n) is 18.8. The number of aromatic amines is 1. The molecule has 1 unspecified atom stereocenters. The third-order valence-electron chi connectivity index (χ3n) is 5.84. The lowest BCUT2D eigenvalue weighted by Gasteiger charge is -2.34. The summed E-state index contributed by atoms with van der Waals surface area (Å²) in [5.74, 6) is -0.278. The number of ether oxygens (including phenoxy) is 1. The van der Waals surface area contributed by atoms with Crippen molar-refractivity contribution in [2.75, 3.05) is 46.4 Å². The summed E-state index contributed by atoms with van der Waals surface area (Å²) >= 11 is 1.72. The van der Waals surface area contributed by atoms with Crippen molar-refractivity contribution in [2.45, 2.75) is 18.9 Å². The second-order valence-corrected chi connectivity index (χ2v) is 9.16. The molecule has 2 aromatic heterocycles. The van der Waals surface area contributed by atoms with E-state index in [1.54, 1.807) is 22.3 Å². The molecule has 2 amide bonds. The molecule has 1 aliphatic rings. The Morgan fingerprint density at radius 1 is 1.30 bits per heavy atom. The number of carbonyl (C=O) groups is 1. The maximum Gasteiger partial charge on any atom is 0.317 e. The molecular formula is C24H30FN5O2S. The van der Waals surface area contributed by atoms with Crippen LogP contribution in [0.25, 0.3) is 11.3 Å². The van der Waals surface area contributed by atoms with Gasteiger partial charge in [0.05, 0.1) is 24.9 Å². The zero-order chi connectivity index (χ0) is 23.0. The molecular weight excluding hydrogens is 441 g/mol. The molecule has 1 saturated heterocycles. The van der Waals surface area contributed by atoms with Crippen LogP contribution in [-0.2, 0) is 11.2 Å². The van der Waals surface area contributed by atoms with E-state index in [0.717, 1.165) is 56.1 Å². The second-order valence-electron chi connectivity index (χ2n) is 8.18. The van der Waals surface area contributed by atoms with Gasteiger partial charge in [0.2, 0.25) is 0 Å². The average Bonchev–Trinajstić information content (AvgIpc) is 3.52. The molecule has 3 aromatic rings. The quantitative estimate of drug-likeness (QED) is 0.496. The molecule has 1 aliphatic heterocycles. The van der Waals surface area contributed by atoms with E-state index in [1.807, 2.05) is 19.2 Å². The summed E-state index contributed by atoms with van der Waals surface area (Å²) in [6.45, 7) is 4.39. The van der Waals surface area contributed by atoms with Gasteiger partial charge in [-0.05, 0) is 42.5 Å². The molecule has 176 valence electrons. The van der Waals surface area contributed by atoms with Crippen molar-refractivity contribution in [3.05, 3.63) is 64.2 Å². The number of benzene rings is 1. The minimum absolute atomic E-state index is 0.0742. The summed E-state index contributed by atoms with van der Waals surface area (Å²) in [4.78, 5) is 18.0. The van der Waals surface area contributed by atoms with Crippen LogP contribution in [0.1, 0.15) is 23.0 Å². The number of thiophene rings is 1. The number of carbonyl (C=O) groups excluding carboxylic acids is 1. The Morgan fingerprint density at radius 2 is 2.15 bits per heavy atom. The van der Waals surface area contributed by atoms with E-state index >= 15 is 0 Å². The van der Waals surface area contributed by atoms with E-state index < -0.39 is 0 Å². The van der Waals surface area contributed by atoms with Gasteiger partial charge in [-0.15, -0.1) is 11.3 Å². The number of amides is 2. The molecule has 0 spiro atoms. The van der Waals surface area contributed by atoms with E-state index in [9.17, 15) is 9.18 Å². The topological polar surface area (TPSA) is 73.5 Å². The average molecular weight is 472 g/mol. The smallest absolute Gasteiger partial charge is 0.317 e. The van der Waals surface area contributed by atoms with Crippen molar-refractivity contribution in [1.29, 1.82) is 0 Å². The number of hydrogen-bond acceptors (Lipinski definition) is 5. The molecule has 1 aromatic carbocycles. The maximum absolute atomic E-state index is 13.4. The largest absolute Gasteiger partial charge is 0.379 e. The van der Waals surface area contributed by atoms with Gasteiger partial charge in [-0.2, -0.15) is 5.10 Å². The summed E-state index contributed by atoms with van der Waals surface area (Å²) in [5, 5.41) is 12.5. The highest BCUT2D eigenvalue weighted by Gasteiger charge is 2.24. The molecule has 2 N–H and O–H groups in total. The Bertz CT molecular complexity index is 1020. The van der Waals surface area contributed by atoms with Gasteiger partial charge in [0, 0.05) is 49.4 Å². The number of rotatable bonds is 9. The van der Waals surface area contributed by atoms with Gasteiger partial charge in [-0.25, -0.2) is 9.18 Å². The van der Waals surface area contributed by atoms with Gasteiger partial charge in [0.15, 0.2) is 0 Å². The SMILES string of the molecule is CN(CCCc1cc(-c2cccc(F)c2)n[nH]1)C(=O)NCC(c1cccs1)N1CCOCC1. The summed E-state index contributed by atoms with van der Waals surface area (Å²) < 4.78 is 18.9. The number of hydrogen-bond donors (Lipinski definition) is 2. The first-order valence-corrected chi connectivity index (χ1v) is 12.1. The first-order valence-electron chi connectivity index (χ1n) is 11.2. The summed E-state index contributed by atoms with van der Waals surface area (Å²) in [6, 6.07) is 12.6. The summed E-state index contributed by atoms with van der Waals surface area (Å²) in [5.41, 5.74) is 2.43. The highest BCUT2D eigenvalue weighted by atomic mass is 32.1. The van der Waals surface area contributed by atoms with Crippen LogP contribution < -0.4 is 5.32 Å².